The highest BCUT2D eigenvalue weighted by Crippen LogP contribution is 2.34. The van der Waals surface area contributed by atoms with Crippen molar-refractivity contribution >= 4 is 17.7 Å². The maximum atomic E-state index is 12.8. The molecule has 0 aliphatic carbocycles. The Balaban J connectivity index is 1.32. The summed E-state index contributed by atoms with van der Waals surface area (Å²) < 4.78 is 0. The molecule has 0 aromatic heterocycles. The van der Waals surface area contributed by atoms with Gasteiger partial charge in [0.1, 0.15) is 0 Å². The maximum Gasteiger partial charge on any atom is 0.234 e. The molecular weight excluding hydrogens is 354 g/mol. The number of amides is 3. The van der Waals surface area contributed by atoms with Crippen LogP contribution in [0.15, 0.2) is 18.2 Å². The van der Waals surface area contributed by atoms with E-state index in [1.165, 1.54) is 21.6 Å². The minimum atomic E-state index is -0.202. The van der Waals surface area contributed by atoms with Crippen molar-refractivity contribution in [3.8, 4) is 0 Å². The fourth-order valence-electron chi connectivity index (χ4n) is 4.87. The summed E-state index contributed by atoms with van der Waals surface area (Å²) in [4.78, 5) is 42.8. The Kier molecular flexibility index (Phi) is 5.23. The van der Waals surface area contributed by atoms with E-state index >= 15 is 0 Å². The summed E-state index contributed by atoms with van der Waals surface area (Å²) in [7, 11) is 0. The molecule has 3 heterocycles. The Bertz CT molecular complexity index is 782. The fourth-order valence-corrected chi connectivity index (χ4v) is 4.87. The summed E-state index contributed by atoms with van der Waals surface area (Å²) in [6, 6.07) is 6.44. The Hall–Kier alpha value is -2.21. The Morgan fingerprint density at radius 1 is 1.00 bits per heavy atom. The maximum absolute atomic E-state index is 12.8. The third-order valence-corrected chi connectivity index (χ3v) is 6.44. The van der Waals surface area contributed by atoms with Gasteiger partial charge in [-0.2, -0.15) is 0 Å². The molecule has 1 aromatic rings. The summed E-state index contributed by atoms with van der Waals surface area (Å²) in [6.45, 7) is 8.18. The average molecular weight is 383 g/mol. The van der Waals surface area contributed by atoms with Crippen LogP contribution >= 0.6 is 0 Å². The quantitative estimate of drug-likeness (QED) is 0.702. The summed E-state index contributed by atoms with van der Waals surface area (Å²) in [5, 5.41) is 0. The van der Waals surface area contributed by atoms with Gasteiger partial charge in [0.15, 0.2) is 0 Å². The molecule has 1 aromatic carbocycles. The first-order valence-electron chi connectivity index (χ1n) is 10.4. The lowest BCUT2D eigenvalue weighted by molar-refractivity contribution is -0.140. The monoisotopic (exact) mass is 383 g/mol. The molecule has 3 aliphatic heterocycles. The van der Waals surface area contributed by atoms with Gasteiger partial charge in [-0.05, 0) is 37.8 Å². The molecule has 4 rings (SSSR count). The number of hydrogen-bond acceptors (Lipinski definition) is 4. The SMILES string of the molecule is Cc1ccc(CN2C[C@@H]3C(=O)N(CCCN4CCCC4=O)C(=O)[C@@H]3C2)c(C)c1. The lowest BCUT2D eigenvalue weighted by atomic mass is 10.00. The molecule has 0 bridgehead atoms. The van der Waals surface area contributed by atoms with E-state index in [4.69, 9.17) is 0 Å². The molecule has 6 nitrogen and oxygen atoms in total. The van der Waals surface area contributed by atoms with Crippen molar-refractivity contribution in [2.45, 2.75) is 39.7 Å². The third-order valence-electron chi connectivity index (χ3n) is 6.44. The zero-order valence-electron chi connectivity index (χ0n) is 16.8. The number of imide groups is 1. The predicted molar refractivity (Wildman–Crippen MR) is 105 cm³/mol. The zero-order chi connectivity index (χ0) is 19.8. The molecule has 0 unspecified atom stereocenters. The van der Waals surface area contributed by atoms with E-state index in [0.29, 0.717) is 39.0 Å². The van der Waals surface area contributed by atoms with Crippen LogP contribution in [0.25, 0.3) is 0 Å². The van der Waals surface area contributed by atoms with Gasteiger partial charge in [0.05, 0.1) is 11.8 Å². The molecule has 28 heavy (non-hydrogen) atoms. The van der Waals surface area contributed by atoms with Crippen LogP contribution in [0.2, 0.25) is 0 Å². The molecule has 3 amide bonds. The van der Waals surface area contributed by atoms with Crippen LogP contribution in [-0.2, 0) is 20.9 Å². The van der Waals surface area contributed by atoms with Crippen LogP contribution in [0.5, 0.6) is 0 Å². The largest absolute Gasteiger partial charge is 0.343 e. The van der Waals surface area contributed by atoms with E-state index in [1.54, 1.807) is 0 Å². The minimum Gasteiger partial charge on any atom is -0.343 e. The first-order valence-corrected chi connectivity index (χ1v) is 10.4. The van der Waals surface area contributed by atoms with E-state index in [2.05, 4.69) is 36.9 Å². The fraction of sp³-hybridized carbons (Fsp3) is 0.591. The van der Waals surface area contributed by atoms with Gasteiger partial charge < -0.3 is 4.90 Å². The topological polar surface area (TPSA) is 60.9 Å². The Morgan fingerprint density at radius 2 is 1.71 bits per heavy atom. The van der Waals surface area contributed by atoms with Gasteiger partial charge in [-0.15, -0.1) is 0 Å². The number of aryl methyl sites for hydroxylation is 2. The van der Waals surface area contributed by atoms with E-state index in [9.17, 15) is 14.4 Å². The third kappa shape index (κ3) is 3.58. The van der Waals surface area contributed by atoms with Crippen LogP contribution in [-0.4, -0.2) is 65.1 Å². The van der Waals surface area contributed by atoms with Gasteiger partial charge in [-0.1, -0.05) is 23.8 Å². The molecule has 2 atom stereocenters. The number of nitrogens with zero attached hydrogens (tertiary/aromatic N) is 3. The Morgan fingerprint density at radius 3 is 2.32 bits per heavy atom. The zero-order valence-corrected chi connectivity index (χ0v) is 16.8. The van der Waals surface area contributed by atoms with Crippen molar-refractivity contribution in [2.75, 3.05) is 32.7 Å². The molecule has 0 spiro atoms. The van der Waals surface area contributed by atoms with E-state index in [0.717, 1.165) is 19.5 Å². The van der Waals surface area contributed by atoms with Crippen molar-refractivity contribution in [1.82, 2.24) is 14.7 Å². The summed E-state index contributed by atoms with van der Waals surface area (Å²) in [5.74, 6) is -0.256. The second-order valence-corrected chi connectivity index (χ2v) is 8.50. The molecule has 0 saturated carbocycles. The molecule has 3 saturated heterocycles. The van der Waals surface area contributed by atoms with Crippen LogP contribution in [0.4, 0.5) is 0 Å². The van der Waals surface area contributed by atoms with Gasteiger partial charge in [-0.25, -0.2) is 0 Å². The summed E-state index contributed by atoms with van der Waals surface area (Å²) in [5.41, 5.74) is 3.77. The van der Waals surface area contributed by atoms with E-state index in [-0.39, 0.29) is 29.6 Å². The van der Waals surface area contributed by atoms with Crippen molar-refractivity contribution in [3.63, 3.8) is 0 Å². The molecular formula is C22H29N3O3. The molecule has 3 fully saturated rings. The minimum absolute atomic E-state index is 0.0223. The van der Waals surface area contributed by atoms with Gasteiger partial charge in [0.25, 0.3) is 0 Å². The van der Waals surface area contributed by atoms with Crippen molar-refractivity contribution < 1.29 is 14.4 Å². The predicted octanol–water partition coefficient (Wildman–Crippen LogP) is 1.73. The van der Waals surface area contributed by atoms with Crippen molar-refractivity contribution in [3.05, 3.63) is 34.9 Å². The number of fused-ring (bicyclic) bond motifs is 1. The highest BCUT2D eigenvalue weighted by Gasteiger charge is 2.51. The first kappa shape index (κ1) is 19.1. The van der Waals surface area contributed by atoms with E-state index in [1.807, 2.05) is 4.90 Å². The highest BCUT2D eigenvalue weighted by atomic mass is 16.2. The van der Waals surface area contributed by atoms with Crippen LogP contribution < -0.4 is 0 Å². The highest BCUT2D eigenvalue weighted by molar-refractivity contribution is 6.05. The van der Waals surface area contributed by atoms with Crippen LogP contribution in [0.1, 0.15) is 36.0 Å². The normalized spacial score (nSPS) is 25.3. The molecule has 0 N–H and O–H groups in total. The van der Waals surface area contributed by atoms with Crippen LogP contribution in [0, 0.1) is 25.7 Å². The lowest BCUT2D eigenvalue weighted by Gasteiger charge is -2.22. The number of carbonyl (C=O) groups excluding carboxylic acids is 3. The average Bonchev–Trinajstić information content (AvgIpc) is 3.31. The van der Waals surface area contributed by atoms with Gasteiger partial charge in [0.2, 0.25) is 17.7 Å². The first-order chi connectivity index (χ1) is 13.4. The Labute approximate surface area is 166 Å². The second-order valence-electron chi connectivity index (χ2n) is 8.50. The van der Waals surface area contributed by atoms with Gasteiger partial charge in [-0.3, -0.25) is 24.2 Å². The molecule has 6 heteroatoms. The van der Waals surface area contributed by atoms with Gasteiger partial charge >= 0.3 is 0 Å². The number of carbonyl (C=O) groups is 3. The van der Waals surface area contributed by atoms with E-state index < -0.39 is 0 Å². The summed E-state index contributed by atoms with van der Waals surface area (Å²) in [6.07, 6.45) is 2.22. The van der Waals surface area contributed by atoms with Gasteiger partial charge in [0, 0.05) is 45.7 Å². The lowest BCUT2D eigenvalue weighted by Crippen LogP contribution is -2.38. The second kappa shape index (κ2) is 7.66. The summed E-state index contributed by atoms with van der Waals surface area (Å²) >= 11 is 0. The standard InChI is InChI=1S/C22H29N3O3/c1-15-6-7-17(16(2)11-15)12-23-13-18-19(14-23)22(28)25(21(18)27)10-4-9-24-8-3-5-20(24)26/h6-7,11,18-19H,3-5,8-10,12-14H2,1-2H3/t18-,19+. The van der Waals surface area contributed by atoms with Crippen molar-refractivity contribution in [2.24, 2.45) is 11.8 Å². The number of likely N-dealkylation sites (tertiary alicyclic amines) is 3. The van der Waals surface area contributed by atoms with Crippen LogP contribution in [0.3, 0.4) is 0 Å². The van der Waals surface area contributed by atoms with Crippen molar-refractivity contribution in [1.29, 1.82) is 0 Å². The molecule has 150 valence electrons. The molecule has 3 aliphatic rings. The smallest absolute Gasteiger partial charge is 0.234 e. The number of benzene rings is 1. The number of hydrogen-bond donors (Lipinski definition) is 0. The number of rotatable bonds is 6. The molecule has 0 radical (unpaired) electrons.